The largest absolute Gasteiger partial charge is 0.484 e. The lowest BCUT2D eigenvalue weighted by atomic mass is 10.2. The van der Waals surface area contributed by atoms with Gasteiger partial charge in [0.15, 0.2) is 11.8 Å². The minimum absolute atomic E-state index is 0.193. The summed E-state index contributed by atoms with van der Waals surface area (Å²) >= 11 is 5.82. The molecule has 2 aromatic rings. The van der Waals surface area contributed by atoms with E-state index in [1.165, 1.54) is 18.3 Å². The number of nitrogens with zero attached hydrogens (tertiary/aromatic N) is 1. The molecule has 1 aromatic carbocycles. The summed E-state index contributed by atoms with van der Waals surface area (Å²) in [6, 6.07) is 9.45. The van der Waals surface area contributed by atoms with Crippen molar-refractivity contribution in [1.29, 1.82) is 0 Å². The summed E-state index contributed by atoms with van der Waals surface area (Å²) in [6.45, 7) is -0.193. The van der Waals surface area contributed by atoms with E-state index in [0.717, 1.165) is 0 Å². The molecule has 0 spiro atoms. The molecule has 0 radical (unpaired) electrons. The molecule has 1 heterocycles. The molecular weight excluding hydrogens is 294 g/mol. The van der Waals surface area contributed by atoms with Crippen LogP contribution in [-0.4, -0.2) is 23.4 Å². The van der Waals surface area contributed by atoms with Gasteiger partial charge in [0.1, 0.15) is 5.75 Å². The third-order valence-electron chi connectivity index (χ3n) is 2.54. The standard InChI is InChI=1S/C14H12ClN3O3/c15-13-11(2-1-7-17-13)18-12(19)8-21-10-5-3-9(4-6-10)14(16)20/h1-7H,8H2,(H2,16,20)(H,18,19). The first kappa shape index (κ1) is 14.8. The first-order valence-electron chi connectivity index (χ1n) is 5.99. The maximum Gasteiger partial charge on any atom is 0.262 e. The van der Waals surface area contributed by atoms with Gasteiger partial charge in [0.25, 0.3) is 5.91 Å². The maximum atomic E-state index is 11.7. The van der Waals surface area contributed by atoms with Gasteiger partial charge in [0.2, 0.25) is 5.91 Å². The Labute approximate surface area is 125 Å². The number of aromatic nitrogens is 1. The first-order valence-corrected chi connectivity index (χ1v) is 6.37. The van der Waals surface area contributed by atoms with Gasteiger partial charge in [-0.25, -0.2) is 4.98 Å². The number of amides is 2. The summed E-state index contributed by atoms with van der Waals surface area (Å²) in [5, 5.41) is 2.78. The molecule has 2 amide bonds. The van der Waals surface area contributed by atoms with E-state index in [4.69, 9.17) is 22.1 Å². The van der Waals surface area contributed by atoms with E-state index in [2.05, 4.69) is 10.3 Å². The monoisotopic (exact) mass is 305 g/mol. The summed E-state index contributed by atoms with van der Waals surface area (Å²) in [6.07, 6.45) is 1.52. The fraction of sp³-hybridized carbons (Fsp3) is 0.0714. The molecule has 3 N–H and O–H groups in total. The van der Waals surface area contributed by atoms with Gasteiger partial charge in [-0.3, -0.25) is 9.59 Å². The molecule has 0 saturated heterocycles. The second kappa shape index (κ2) is 6.71. The van der Waals surface area contributed by atoms with Gasteiger partial charge in [-0.15, -0.1) is 0 Å². The normalized spacial score (nSPS) is 9.95. The van der Waals surface area contributed by atoms with Gasteiger partial charge in [0, 0.05) is 11.8 Å². The molecule has 7 heteroatoms. The number of pyridine rings is 1. The van der Waals surface area contributed by atoms with E-state index in [0.29, 0.717) is 17.0 Å². The summed E-state index contributed by atoms with van der Waals surface area (Å²) in [5.41, 5.74) is 5.91. The van der Waals surface area contributed by atoms with Crippen molar-refractivity contribution in [2.75, 3.05) is 11.9 Å². The van der Waals surface area contributed by atoms with Crippen molar-refractivity contribution in [2.24, 2.45) is 5.73 Å². The summed E-state index contributed by atoms with van der Waals surface area (Å²) in [5.74, 6) is -0.443. The highest BCUT2D eigenvalue weighted by molar-refractivity contribution is 6.32. The van der Waals surface area contributed by atoms with Crippen molar-refractivity contribution in [3.05, 3.63) is 53.3 Å². The molecule has 21 heavy (non-hydrogen) atoms. The van der Waals surface area contributed by atoms with Crippen LogP contribution in [0.25, 0.3) is 0 Å². The number of carbonyl (C=O) groups excluding carboxylic acids is 2. The number of halogens is 1. The lowest BCUT2D eigenvalue weighted by Gasteiger charge is -2.08. The molecule has 108 valence electrons. The quantitative estimate of drug-likeness (QED) is 0.824. The number of hydrogen-bond donors (Lipinski definition) is 2. The zero-order valence-corrected chi connectivity index (χ0v) is 11.6. The average Bonchev–Trinajstić information content (AvgIpc) is 2.48. The molecule has 0 bridgehead atoms. The number of carbonyl (C=O) groups is 2. The molecule has 2 rings (SSSR count). The Balaban J connectivity index is 1.89. The van der Waals surface area contributed by atoms with Gasteiger partial charge in [-0.2, -0.15) is 0 Å². The predicted molar refractivity (Wildman–Crippen MR) is 78.3 cm³/mol. The SMILES string of the molecule is NC(=O)c1ccc(OCC(=O)Nc2cccnc2Cl)cc1. The van der Waals surface area contributed by atoms with Gasteiger partial charge >= 0.3 is 0 Å². The molecular formula is C14H12ClN3O3. The van der Waals surface area contributed by atoms with Gasteiger partial charge < -0.3 is 15.8 Å². The highest BCUT2D eigenvalue weighted by Crippen LogP contribution is 2.17. The fourth-order valence-corrected chi connectivity index (χ4v) is 1.70. The van der Waals surface area contributed by atoms with Crippen LogP contribution in [-0.2, 0) is 4.79 Å². The van der Waals surface area contributed by atoms with E-state index in [9.17, 15) is 9.59 Å². The maximum absolute atomic E-state index is 11.7. The van der Waals surface area contributed by atoms with E-state index >= 15 is 0 Å². The molecule has 1 aromatic heterocycles. The second-order valence-corrected chi connectivity index (χ2v) is 4.43. The van der Waals surface area contributed by atoms with Gasteiger partial charge in [0.05, 0.1) is 5.69 Å². The Morgan fingerprint density at radius 2 is 1.95 bits per heavy atom. The van der Waals surface area contributed by atoms with Crippen LogP contribution in [0.3, 0.4) is 0 Å². The van der Waals surface area contributed by atoms with Crippen LogP contribution in [0.4, 0.5) is 5.69 Å². The number of rotatable bonds is 5. The number of ether oxygens (including phenoxy) is 1. The van der Waals surface area contributed by atoms with Crippen LogP contribution in [0.5, 0.6) is 5.75 Å². The van der Waals surface area contributed by atoms with E-state index in [-0.39, 0.29) is 17.7 Å². The minimum Gasteiger partial charge on any atom is -0.484 e. The number of hydrogen-bond acceptors (Lipinski definition) is 4. The van der Waals surface area contributed by atoms with E-state index in [1.807, 2.05) is 0 Å². The number of nitrogens with two attached hydrogens (primary N) is 1. The first-order chi connectivity index (χ1) is 10.1. The minimum atomic E-state index is -0.523. The Hall–Kier alpha value is -2.60. The molecule has 0 aliphatic heterocycles. The number of anilines is 1. The van der Waals surface area contributed by atoms with Crippen molar-refractivity contribution in [2.45, 2.75) is 0 Å². The Morgan fingerprint density at radius 1 is 1.24 bits per heavy atom. The van der Waals surface area contributed by atoms with Crippen molar-refractivity contribution in [3.8, 4) is 5.75 Å². The van der Waals surface area contributed by atoms with Crippen LogP contribution >= 0.6 is 11.6 Å². The van der Waals surface area contributed by atoms with Crippen LogP contribution in [0.1, 0.15) is 10.4 Å². The summed E-state index contributed by atoms with van der Waals surface area (Å²) in [4.78, 5) is 26.5. The Kier molecular flexibility index (Phi) is 4.73. The number of primary amides is 1. The van der Waals surface area contributed by atoms with Crippen molar-refractivity contribution in [1.82, 2.24) is 4.98 Å². The Bertz CT molecular complexity index is 659. The van der Waals surface area contributed by atoms with Gasteiger partial charge in [-0.05, 0) is 36.4 Å². The third-order valence-corrected chi connectivity index (χ3v) is 2.84. The van der Waals surface area contributed by atoms with Gasteiger partial charge in [-0.1, -0.05) is 11.6 Å². The average molecular weight is 306 g/mol. The van der Waals surface area contributed by atoms with Crippen LogP contribution in [0, 0.1) is 0 Å². The van der Waals surface area contributed by atoms with Crippen LogP contribution < -0.4 is 15.8 Å². The molecule has 6 nitrogen and oxygen atoms in total. The third kappa shape index (κ3) is 4.19. The van der Waals surface area contributed by atoms with Crippen molar-refractivity contribution >= 4 is 29.1 Å². The van der Waals surface area contributed by atoms with Crippen molar-refractivity contribution < 1.29 is 14.3 Å². The highest BCUT2D eigenvalue weighted by Gasteiger charge is 2.07. The number of nitrogens with one attached hydrogen (secondary N) is 1. The van der Waals surface area contributed by atoms with E-state index in [1.54, 1.807) is 24.3 Å². The summed E-state index contributed by atoms with van der Waals surface area (Å²) in [7, 11) is 0. The molecule has 0 unspecified atom stereocenters. The molecule has 0 aliphatic rings. The Morgan fingerprint density at radius 3 is 2.57 bits per heavy atom. The smallest absolute Gasteiger partial charge is 0.262 e. The zero-order chi connectivity index (χ0) is 15.2. The highest BCUT2D eigenvalue weighted by atomic mass is 35.5. The lowest BCUT2D eigenvalue weighted by Crippen LogP contribution is -2.20. The second-order valence-electron chi connectivity index (χ2n) is 4.07. The molecule has 0 aliphatic carbocycles. The zero-order valence-electron chi connectivity index (χ0n) is 10.9. The molecule has 0 atom stereocenters. The lowest BCUT2D eigenvalue weighted by molar-refractivity contribution is -0.118. The van der Waals surface area contributed by atoms with Crippen LogP contribution in [0.15, 0.2) is 42.6 Å². The molecule has 0 fully saturated rings. The van der Waals surface area contributed by atoms with Crippen LogP contribution in [0.2, 0.25) is 5.15 Å². The van der Waals surface area contributed by atoms with E-state index < -0.39 is 5.91 Å². The fourth-order valence-electron chi connectivity index (χ4n) is 1.53. The topological polar surface area (TPSA) is 94.3 Å². The summed E-state index contributed by atoms with van der Waals surface area (Å²) < 4.78 is 5.29. The predicted octanol–water partition coefficient (Wildman–Crippen LogP) is 1.85. The molecule has 0 saturated carbocycles. The van der Waals surface area contributed by atoms with Crippen molar-refractivity contribution in [3.63, 3.8) is 0 Å². The number of benzene rings is 1.